The number of anilines is 2. The molecule has 0 saturated carbocycles. The van der Waals surface area contributed by atoms with Crippen LogP contribution in [-0.2, 0) is 0 Å². The van der Waals surface area contributed by atoms with Crippen molar-refractivity contribution in [1.82, 2.24) is 15.4 Å². The Bertz CT molecular complexity index is 491. The third kappa shape index (κ3) is 2.10. The summed E-state index contributed by atoms with van der Waals surface area (Å²) in [5, 5.41) is 13.9. The molecule has 0 spiro atoms. The number of aryl methyl sites for hydroxylation is 1. The molecule has 0 fully saturated rings. The molecule has 3 N–H and O–H groups in total. The maximum Gasteiger partial charge on any atom is 0.296 e. The molecule has 0 bridgehead atoms. The van der Waals surface area contributed by atoms with Gasteiger partial charge in [0, 0.05) is 6.07 Å². The lowest BCUT2D eigenvalue weighted by Gasteiger charge is -1.94. The highest BCUT2D eigenvalue weighted by molar-refractivity contribution is 7.19. The first-order valence-corrected chi connectivity index (χ1v) is 4.80. The van der Waals surface area contributed by atoms with Crippen molar-refractivity contribution >= 4 is 27.5 Å². The maximum atomic E-state index is 11.5. The summed E-state index contributed by atoms with van der Waals surface area (Å²) in [5.41, 5.74) is 5.99. The molecule has 78 valence electrons. The van der Waals surface area contributed by atoms with E-state index < -0.39 is 5.91 Å². The van der Waals surface area contributed by atoms with Crippen molar-refractivity contribution in [2.24, 2.45) is 0 Å². The zero-order valence-electron chi connectivity index (χ0n) is 7.72. The zero-order chi connectivity index (χ0) is 10.8. The first-order valence-electron chi connectivity index (χ1n) is 3.99. The van der Waals surface area contributed by atoms with Crippen molar-refractivity contribution in [3.63, 3.8) is 0 Å². The van der Waals surface area contributed by atoms with Crippen LogP contribution in [0.25, 0.3) is 0 Å². The number of hydrogen-bond acceptors (Lipinski definition) is 7. The number of nitrogens with one attached hydrogen (secondary N) is 1. The number of nitrogens with zero attached hydrogens (tertiary/aromatic N) is 3. The second kappa shape index (κ2) is 3.65. The maximum absolute atomic E-state index is 11.5. The molecule has 0 saturated heterocycles. The summed E-state index contributed by atoms with van der Waals surface area (Å²) in [7, 11) is 0. The zero-order valence-corrected chi connectivity index (χ0v) is 8.54. The standard InChI is InChI=1S/C7H7N5O2S/c1-3-2-4(14-12-3)5(13)9-7-11-10-6(8)15-7/h2H,1H3,(H2,8,10)(H,9,11,13). The average Bonchev–Trinajstić information content (AvgIpc) is 2.75. The SMILES string of the molecule is Cc1cc(C(=O)Nc2nnc(N)s2)on1. The van der Waals surface area contributed by atoms with E-state index in [-0.39, 0.29) is 5.76 Å². The van der Waals surface area contributed by atoms with Crippen LogP contribution in [0.15, 0.2) is 10.6 Å². The third-order valence-corrected chi connectivity index (χ3v) is 2.18. The van der Waals surface area contributed by atoms with Crippen molar-refractivity contribution < 1.29 is 9.32 Å². The molecule has 0 aliphatic heterocycles. The summed E-state index contributed by atoms with van der Waals surface area (Å²) >= 11 is 1.08. The predicted molar refractivity (Wildman–Crippen MR) is 53.5 cm³/mol. The van der Waals surface area contributed by atoms with Gasteiger partial charge in [0.1, 0.15) is 0 Å². The highest BCUT2D eigenvalue weighted by Gasteiger charge is 2.13. The van der Waals surface area contributed by atoms with Gasteiger partial charge in [0.05, 0.1) is 5.69 Å². The van der Waals surface area contributed by atoms with Crippen LogP contribution in [-0.4, -0.2) is 21.3 Å². The van der Waals surface area contributed by atoms with Crippen molar-refractivity contribution in [1.29, 1.82) is 0 Å². The van der Waals surface area contributed by atoms with E-state index in [9.17, 15) is 4.79 Å². The van der Waals surface area contributed by atoms with Gasteiger partial charge in [-0.2, -0.15) is 0 Å². The molecule has 2 heterocycles. The van der Waals surface area contributed by atoms with Gasteiger partial charge in [-0.05, 0) is 6.92 Å². The fraction of sp³-hybridized carbons (Fsp3) is 0.143. The fourth-order valence-corrected chi connectivity index (χ4v) is 1.42. The number of carbonyl (C=O) groups is 1. The summed E-state index contributed by atoms with van der Waals surface area (Å²) in [4.78, 5) is 11.5. The van der Waals surface area contributed by atoms with Crippen LogP contribution in [0.2, 0.25) is 0 Å². The smallest absolute Gasteiger partial charge is 0.296 e. The Kier molecular flexibility index (Phi) is 2.34. The van der Waals surface area contributed by atoms with Crippen molar-refractivity contribution in [2.45, 2.75) is 6.92 Å². The third-order valence-electron chi connectivity index (χ3n) is 1.51. The Morgan fingerprint density at radius 2 is 2.40 bits per heavy atom. The molecule has 2 aromatic rings. The number of hydrogen-bond donors (Lipinski definition) is 2. The van der Waals surface area contributed by atoms with E-state index in [1.54, 1.807) is 6.92 Å². The number of nitrogens with two attached hydrogens (primary N) is 1. The lowest BCUT2D eigenvalue weighted by molar-refractivity contribution is 0.0988. The molecule has 15 heavy (non-hydrogen) atoms. The molecule has 0 aliphatic carbocycles. The summed E-state index contributed by atoms with van der Waals surface area (Å²) in [5.74, 6) is -0.298. The van der Waals surface area contributed by atoms with Crippen molar-refractivity contribution in [3.05, 3.63) is 17.5 Å². The first-order chi connectivity index (χ1) is 7.15. The van der Waals surface area contributed by atoms with Crippen LogP contribution >= 0.6 is 11.3 Å². The number of amides is 1. The van der Waals surface area contributed by atoms with Crippen molar-refractivity contribution in [3.8, 4) is 0 Å². The Morgan fingerprint density at radius 3 is 2.93 bits per heavy atom. The second-order valence-electron chi connectivity index (χ2n) is 2.73. The van der Waals surface area contributed by atoms with Crippen molar-refractivity contribution in [2.75, 3.05) is 11.1 Å². The van der Waals surface area contributed by atoms with E-state index >= 15 is 0 Å². The molecular weight excluding hydrogens is 218 g/mol. The van der Waals surface area contributed by atoms with Gasteiger partial charge in [-0.25, -0.2) is 0 Å². The highest BCUT2D eigenvalue weighted by atomic mass is 32.1. The predicted octanol–water partition coefficient (Wildman–Crippen LogP) is 0.669. The summed E-state index contributed by atoms with van der Waals surface area (Å²) in [6.07, 6.45) is 0. The molecule has 0 atom stereocenters. The van der Waals surface area contributed by atoms with Gasteiger partial charge in [0.15, 0.2) is 0 Å². The minimum absolute atomic E-state index is 0.126. The topological polar surface area (TPSA) is 107 Å². The fourth-order valence-electron chi connectivity index (χ4n) is 0.914. The molecular formula is C7H7N5O2S. The van der Waals surface area contributed by atoms with Crippen LogP contribution in [0.1, 0.15) is 16.2 Å². The number of nitrogen functional groups attached to an aromatic ring is 1. The number of aromatic nitrogens is 3. The van der Waals surface area contributed by atoms with Gasteiger partial charge in [-0.1, -0.05) is 16.5 Å². The molecule has 2 rings (SSSR count). The number of rotatable bonds is 2. The van der Waals surface area contributed by atoms with E-state index in [4.69, 9.17) is 10.3 Å². The van der Waals surface area contributed by atoms with Crippen LogP contribution in [0.3, 0.4) is 0 Å². The van der Waals surface area contributed by atoms with E-state index in [1.807, 2.05) is 0 Å². The molecule has 0 radical (unpaired) electrons. The minimum atomic E-state index is -0.424. The molecule has 7 nitrogen and oxygen atoms in total. The normalized spacial score (nSPS) is 10.2. The van der Waals surface area contributed by atoms with Gasteiger partial charge in [0.25, 0.3) is 5.91 Å². The molecule has 0 aromatic carbocycles. The van der Waals surface area contributed by atoms with E-state index in [0.717, 1.165) is 11.3 Å². The van der Waals surface area contributed by atoms with E-state index in [1.165, 1.54) is 6.07 Å². The number of carbonyl (C=O) groups excluding carboxylic acids is 1. The Balaban J connectivity index is 2.10. The summed E-state index contributed by atoms with van der Waals surface area (Å²) in [6, 6.07) is 1.53. The minimum Gasteiger partial charge on any atom is -0.374 e. The van der Waals surface area contributed by atoms with Gasteiger partial charge in [-0.3, -0.25) is 10.1 Å². The molecule has 1 amide bonds. The van der Waals surface area contributed by atoms with Gasteiger partial charge in [-0.15, -0.1) is 10.2 Å². The Labute approximate surface area is 88.3 Å². The molecule has 0 aliphatic rings. The lowest BCUT2D eigenvalue weighted by atomic mass is 10.4. The molecule has 0 unspecified atom stereocenters. The highest BCUT2D eigenvalue weighted by Crippen LogP contribution is 2.17. The molecule has 8 heteroatoms. The van der Waals surface area contributed by atoms with Gasteiger partial charge >= 0.3 is 0 Å². The second-order valence-corrected chi connectivity index (χ2v) is 3.74. The van der Waals surface area contributed by atoms with E-state index in [2.05, 4.69) is 20.7 Å². The average molecular weight is 225 g/mol. The van der Waals surface area contributed by atoms with Gasteiger partial charge < -0.3 is 10.3 Å². The Hall–Kier alpha value is -1.96. The largest absolute Gasteiger partial charge is 0.374 e. The van der Waals surface area contributed by atoms with Crippen LogP contribution in [0.4, 0.5) is 10.3 Å². The summed E-state index contributed by atoms with van der Waals surface area (Å²) in [6.45, 7) is 1.73. The van der Waals surface area contributed by atoms with Crippen LogP contribution in [0.5, 0.6) is 0 Å². The lowest BCUT2D eigenvalue weighted by Crippen LogP contribution is -2.10. The molecule has 2 aromatic heterocycles. The Morgan fingerprint density at radius 1 is 1.60 bits per heavy atom. The quantitative estimate of drug-likeness (QED) is 0.777. The first kappa shape index (κ1) is 9.59. The van der Waals surface area contributed by atoms with Crippen LogP contribution < -0.4 is 11.1 Å². The van der Waals surface area contributed by atoms with E-state index in [0.29, 0.717) is 16.0 Å². The summed E-state index contributed by atoms with van der Waals surface area (Å²) < 4.78 is 4.77. The van der Waals surface area contributed by atoms with Gasteiger partial charge in [0.2, 0.25) is 16.0 Å². The monoisotopic (exact) mass is 225 g/mol. The van der Waals surface area contributed by atoms with Crippen LogP contribution in [0, 0.1) is 6.92 Å².